The molecule has 0 radical (unpaired) electrons. The van der Waals surface area contributed by atoms with Gasteiger partial charge in [0.25, 0.3) is 0 Å². The number of hydrogen-bond acceptors (Lipinski definition) is 2. The first kappa shape index (κ1) is 14.3. The molecule has 1 heterocycles. The second-order valence-corrected chi connectivity index (χ2v) is 5.13. The Morgan fingerprint density at radius 3 is 2.75 bits per heavy atom. The molecule has 1 unspecified atom stereocenters. The number of nitrogens with zero attached hydrogens (tertiary/aromatic N) is 1. The Morgan fingerprint density at radius 1 is 1.45 bits per heavy atom. The maximum atomic E-state index is 11.2. The fraction of sp³-hybridized carbons (Fsp3) is 0.294. The number of aliphatic carboxylic acids is 1. The SMILES string of the molecule is C=C(C)C(Cc1ccc(C2=CCCC=C2)nc1)C(=O)O. The van der Waals surface area contributed by atoms with E-state index < -0.39 is 11.9 Å². The molecule has 0 saturated heterocycles. The van der Waals surface area contributed by atoms with Crippen molar-refractivity contribution in [2.24, 2.45) is 5.92 Å². The Bertz CT molecular complexity index is 553. The first-order valence-electron chi connectivity index (χ1n) is 6.78. The molecule has 0 spiro atoms. The standard InChI is InChI=1S/C17H19NO2/c1-12(2)15(17(19)20)10-13-8-9-16(18-11-13)14-6-4-3-5-7-14/h4,6-9,11,15H,1,3,5,10H2,2H3,(H,19,20). The number of allylic oxidation sites excluding steroid dienone is 4. The summed E-state index contributed by atoms with van der Waals surface area (Å²) in [6, 6.07) is 3.90. The maximum Gasteiger partial charge on any atom is 0.310 e. The molecule has 0 aliphatic heterocycles. The van der Waals surface area contributed by atoms with Crippen LogP contribution in [0.25, 0.3) is 5.57 Å². The number of rotatable bonds is 5. The predicted octanol–water partition coefficient (Wildman–Crippen LogP) is 3.63. The van der Waals surface area contributed by atoms with Gasteiger partial charge in [-0.25, -0.2) is 0 Å². The zero-order valence-electron chi connectivity index (χ0n) is 11.7. The summed E-state index contributed by atoms with van der Waals surface area (Å²) in [7, 11) is 0. The molecule has 1 atom stereocenters. The fourth-order valence-corrected chi connectivity index (χ4v) is 2.23. The van der Waals surface area contributed by atoms with Gasteiger partial charge in [-0.3, -0.25) is 9.78 Å². The zero-order chi connectivity index (χ0) is 14.5. The molecule has 0 aromatic carbocycles. The van der Waals surface area contributed by atoms with Crippen molar-refractivity contribution in [3.05, 3.63) is 60.0 Å². The van der Waals surface area contributed by atoms with Crippen LogP contribution in [0, 0.1) is 5.92 Å². The zero-order valence-corrected chi connectivity index (χ0v) is 11.7. The van der Waals surface area contributed by atoms with E-state index in [1.807, 2.05) is 12.1 Å². The van der Waals surface area contributed by atoms with Gasteiger partial charge < -0.3 is 5.11 Å². The van der Waals surface area contributed by atoms with Gasteiger partial charge >= 0.3 is 5.97 Å². The van der Waals surface area contributed by atoms with Gasteiger partial charge in [0.1, 0.15) is 0 Å². The first-order chi connectivity index (χ1) is 9.58. The minimum atomic E-state index is -0.834. The van der Waals surface area contributed by atoms with Gasteiger partial charge in [0, 0.05) is 6.20 Å². The minimum Gasteiger partial charge on any atom is -0.481 e. The molecule has 2 rings (SSSR count). The van der Waals surface area contributed by atoms with E-state index in [0.717, 1.165) is 29.7 Å². The minimum absolute atomic E-state index is 0.437. The van der Waals surface area contributed by atoms with Crippen molar-refractivity contribution in [1.82, 2.24) is 4.98 Å². The molecule has 1 aliphatic rings. The molecular weight excluding hydrogens is 250 g/mol. The van der Waals surface area contributed by atoms with E-state index in [4.69, 9.17) is 5.11 Å². The molecule has 104 valence electrons. The van der Waals surface area contributed by atoms with E-state index >= 15 is 0 Å². The van der Waals surface area contributed by atoms with Crippen molar-refractivity contribution in [3.63, 3.8) is 0 Å². The quantitative estimate of drug-likeness (QED) is 0.830. The lowest BCUT2D eigenvalue weighted by atomic mass is 9.94. The number of carboxylic acids is 1. The highest BCUT2D eigenvalue weighted by Crippen LogP contribution is 2.21. The van der Waals surface area contributed by atoms with Gasteiger partial charge in [-0.15, -0.1) is 0 Å². The summed E-state index contributed by atoms with van der Waals surface area (Å²) in [5.41, 5.74) is 3.66. The van der Waals surface area contributed by atoms with Gasteiger partial charge in [-0.05, 0) is 43.4 Å². The van der Waals surface area contributed by atoms with Crippen LogP contribution < -0.4 is 0 Å². The second kappa shape index (κ2) is 6.33. The normalized spacial score (nSPS) is 15.6. The molecule has 3 heteroatoms. The van der Waals surface area contributed by atoms with Crippen LogP contribution in [0.4, 0.5) is 0 Å². The van der Waals surface area contributed by atoms with E-state index in [9.17, 15) is 4.79 Å². The number of hydrogen-bond donors (Lipinski definition) is 1. The number of carboxylic acid groups (broad SMARTS) is 1. The second-order valence-electron chi connectivity index (χ2n) is 5.13. The van der Waals surface area contributed by atoms with Gasteiger partial charge in [-0.1, -0.05) is 36.4 Å². The van der Waals surface area contributed by atoms with Crippen LogP contribution in [0.3, 0.4) is 0 Å². The molecule has 3 nitrogen and oxygen atoms in total. The summed E-state index contributed by atoms with van der Waals surface area (Å²) in [6.07, 6.45) is 10.7. The predicted molar refractivity (Wildman–Crippen MR) is 80.2 cm³/mol. The number of carbonyl (C=O) groups is 1. The molecule has 1 aromatic heterocycles. The molecule has 1 aromatic rings. The van der Waals surface area contributed by atoms with E-state index in [1.54, 1.807) is 13.1 Å². The van der Waals surface area contributed by atoms with Crippen LogP contribution in [-0.4, -0.2) is 16.1 Å². The van der Waals surface area contributed by atoms with Crippen LogP contribution in [0.5, 0.6) is 0 Å². The van der Waals surface area contributed by atoms with Crippen LogP contribution in [0.2, 0.25) is 0 Å². The molecule has 20 heavy (non-hydrogen) atoms. The molecule has 0 amide bonds. The smallest absolute Gasteiger partial charge is 0.310 e. The van der Waals surface area contributed by atoms with Gasteiger partial charge in [0.15, 0.2) is 0 Å². The summed E-state index contributed by atoms with van der Waals surface area (Å²) < 4.78 is 0. The summed E-state index contributed by atoms with van der Waals surface area (Å²) in [5.74, 6) is -1.38. The Labute approximate surface area is 119 Å². The third kappa shape index (κ3) is 3.44. The molecule has 1 aliphatic carbocycles. The monoisotopic (exact) mass is 269 g/mol. The average Bonchev–Trinajstić information content (AvgIpc) is 2.45. The number of aromatic nitrogens is 1. The summed E-state index contributed by atoms with van der Waals surface area (Å²) >= 11 is 0. The highest BCUT2D eigenvalue weighted by atomic mass is 16.4. The Morgan fingerprint density at radius 2 is 2.25 bits per heavy atom. The van der Waals surface area contributed by atoms with Crippen LogP contribution in [0.1, 0.15) is 31.0 Å². The van der Waals surface area contributed by atoms with Crippen molar-refractivity contribution < 1.29 is 9.90 Å². The summed E-state index contributed by atoms with van der Waals surface area (Å²) in [6.45, 7) is 5.49. The van der Waals surface area contributed by atoms with Crippen molar-refractivity contribution in [2.75, 3.05) is 0 Å². The fourth-order valence-electron chi connectivity index (χ4n) is 2.23. The largest absolute Gasteiger partial charge is 0.481 e. The number of pyridine rings is 1. The highest BCUT2D eigenvalue weighted by molar-refractivity contribution is 5.74. The molecule has 0 bridgehead atoms. The highest BCUT2D eigenvalue weighted by Gasteiger charge is 2.18. The molecule has 0 fully saturated rings. The van der Waals surface area contributed by atoms with Crippen LogP contribution >= 0.6 is 0 Å². The van der Waals surface area contributed by atoms with Gasteiger partial charge in [-0.2, -0.15) is 0 Å². The molecule has 1 N–H and O–H groups in total. The lowest BCUT2D eigenvalue weighted by molar-refractivity contribution is -0.140. The molecule has 0 saturated carbocycles. The summed E-state index contributed by atoms with van der Waals surface area (Å²) in [4.78, 5) is 15.6. The molecular formula is C17H19NO2. The van der Waals surface area contributed by atoms with Crippen LogP contribution in [0.15, 0.2) is 48.7 Å². The van der Waals surface area contributed by atoms with E-state index in [0.29, 0.717) is 12.0 Å². The van der Waals surface area contributed by atoms with Crippen molar-refractivity contribution in [3.8, 4) is 0 Å². The van der Waals surface area contributed by atoms with Gasteiger partial charge in [0.05, 0.1) is 11.6 Å². The van der Waals surface area contributed by atoms with Crippen LogP contribution in [-0.2, 0) is 11.2 Å². The lowest BCUT2D eigenvalue weighted by Gasteiger charge is -2.12. The van der Waals surface area contributed by atoms with Crippen molar-refractivity contribution in [1.29, 1.82) is 0 Å². The maximum absolute atomic E-state index is 11.2. The Hall–Kier alpha value is -2.16. The lowest BCUT2D eigenvalue weighted by Crippen LogP contribution is -2.17. The van der Waals surface area contributed by atoms with Gasteiger partial charge in [0.2, 0.25) is 0 Å². The van der Waals surface area contributed by atoms with E-state index in [-0.39, 0.29) is 0 Å². The van der Waals surface area contributed by atoms with E-state index in [2.05, 4.69) is 29.8 Å². The third-order valence-electron chi connectivity index (χ3n) is 3.45. The topological polar surface area (TPSA) is 50.2 Å². The van der Waals surface area contributed by atoms with E-state index in [1.165, 1.54) is 0 Å². The summed E-state index contributed by atoms with van der Waals surface area (Å²) in [5, 5.41) is 9.16. The van der Waals surface area contributed by atoms with Crippen molar-refractivity contribution >= 4 is 11.5 Å². The Kier molecular flexibility index (Phi) is 4.51. The Balaban J connectivity index is 2.12. The average molecular weight is 269 g/mol. The van der Waals surface area contributed by atoms with Crippen molar-refractivity contribution in [2.45, 2.75) is 26.2 Å². The third-order valence-corrected chi connectivity index (χ3v) is 3.45. The first-order valence-corrected chi connectivity index (χ1v) is 6.78.